The van der Waals surface area contributed by atoms with Crippen LogP contribution in [0.5, 0.6) is 11.5 Å². The number of fused-ring (bicyclic) bond motifs is 2. The number of hydrogen-bond acceptors (Lipinski definition) is 4. The predicted molar refractivity (Wildman–Crippen MR) is 126 cm³/mol. The zero-order valence-corrected chi connectivity index (χ0v) is 18.9. The van der Waals surface area contributed by atoms with E-state index in [9.17, 15) is 13.6 Å². The second kappa shape index (κ2) is 8.69. The lowest BCUT2D eigenvalue weighted by Crippen LogP contribution is -2.40. The summed E-state index contributed by atoms with van der Waals surface area (Å²) in [7, 11) is 0. The Morgan fingerprint density at radius 1 is 0.971 bits per heavy atom. The van der Waals surface area contributed by atoms with Crippen LogP contribution in [-0.4, -0.2) is 40.2 Å². The molecule has 3 aromatic carbocycles. The highest BCUT2D eigenvalue weighted by Gasteiger charge is 2.28. The summed E-state index contributed by atoms with van der Waals surface area (Å²) in [6, 6.07) is 16.8. The molecule has 3 heterocycles. The number of carbonyl (C=O) groups excluding carboxylic acids is 1. The van der Waals surface area contributed by atoms with E-state index in [-0.39, 0.29) is 36.8 Å². The predicted octanol–water partition coefficient (Wildman–Crippen LogP) is 5.12. The van der Waals surface area contributed by atoms with E-state index in [1.165, 1.54) is 18.2 Å². The van der Waals surface area contributed by atoms with E-state index >= 15 is 0 Å². The molecule has 2 aliphatic rings. The van der Waals surface area contributed by atoms with E-state index in [0.29, 0.717) is 48.5 Å². The first-order valence-electron chi connectivity index (χ1n) is 11.7. The largest absolute Gasteiger partial charge is 0.454 e. The summed E-state index contributed by atoms with van der Waals surface area (Å²) in [4.78, 5) is 19.4. The van der Waals surface area contributed by atoms with Crippen LogP contribution in [0.4, 0.5) is 8.78 Å². The van der Waals surface area contributed by atoms with Gasteiger partial charge in [-0.3, -0.25) is 4.79 Å². The topological polar surface area (TPSA) is 56.6 Å². The Labute approximate surface area is 200 Å². The number of rotatable bonds is 4. The molecule has 178 valence electrons. The van der Waals surface area contributed by atoms with Crippen LogP contribution in [0.25, 0.3) is 22.4 Å². The fourth-order valence-electron chi connectivity index (χ4n) is 4.97. The SMILES string of the molecule is O=C(Cc1ccccc1F)N1CCC(n2c(-c3ccc4c(c3)OCO4)nc3cc(F)ccc32)CC1. The molecule has 0 bridgehead atoms. The van der Waals surface area contributed by atoms with Crippen molar-refractivity contribution in [2.75, 3.05) is 19.9 Å². The van der Waals surface area contributed by atoms with Gasteiger partial charge in [-0.2, -0.15) is 0 Å². The number of amides is 1. The molecule has 1 amide bonds. The molecule has 6 rings (SSSR count). The maximum atomic E-state index is 14.0. The van der Waals surface area contributed by atoms with Crippen LogP contribution in [0.2, 0.25) is 0 Å². The molecule has 4 aromatic rings. The van der Waals surface area contributed by atoms with Crippen molar-refractivity contribution >= 4 is 16.9 Å². The minimum atomic E-state index is -0.360. The van der Waals surface area contributed by atoms with Crippen molar-refractivity contribution in [3.63, 3.8) is 0 Å². The smallest absolute Gasteiger partial charge is 0.231 e. The first kappa shape index (κ1) is 21.6. The van der Waals surface area contributed by atoms with Gasteiger partial charge in [0.05, 0.1) is 17.5 Å². The van der Waals surface area contributed by atoms with Crippen molar-refractivity contribution in [3.8, 4) is 22.9 Å². The highest BCUT2D eigenvalue weighted by molar-refractivity contribution is 5.82. The fraction of sp³-hybridized carbons (Fsp3) is 0.259. The Hall–Kier alpha value is -3.94. The van der Waals surface area contributed by atoms with Gasteiger partial charge < -0.3 is 18.9 Å². The quantitative estimate of drug-likeness (QED) is 0.411. The van der Waals surface area contributed by atoms with Gasteiger partial charge >= 0.3 is 0 Å². The average molecular weight is 475 g/mol. The van der Waals surface area contributed by atoms with Crippen LogP contribution in [0.15, 0.2) is 60.7 Å². The number of likely N-dealkylation sites (tertiary alicyclic amines) is 1. The summed E-state index contributed by atoms with van der Waals surface area (Å²) >= 11 is 0. The fourth-order valence-corrected chi connectivity index (χ4v) is 4.97. The van der Waals surface area contributed by atoms with Crippen molar-refractivity contribution in [1.29, 1.82) is 0 Å². The maximum absolute atomic E-state index is 14.0. The summed E-state index contributed by atoms with van der Waals surface area (Å²) in [6.45, 7) is 1.29. The van der Waals surface area contributed by atoms with Crippen LogP contribution in [-0.2, 0) is 11.2 Å². The van der Waals surface area contributed by atoms with Gasteiger partial charge in [0.15, 0.2) is 11.5 Å². The van der Waals surface area contributed by atoms with Crippen LogP contribution in [0, 0.1) is 11.6 Å². The monoisotopic (exact) mass is 475 g/mol. The average Bonchev–Trinajstić information content (AvgIpc) is 3.49. The summed E-state index contributed by atoms with van der Waals surface area (Å²) in [5.74, 6) is 1.28. The number of imidazole rings is 1. The lowest BCUT2D eigenvalue weighted by Gasteiger charge is -2.34. The summed E-state index contributed by atoms with van der Waals surface area (Å²) < 4.78 is 41.1. The van der Waals surface area contributed by atoms with Gasteiger partial charge in [0.2, 0.25) is 12.7 Å². The van der Waals surface area contributed by atoms with E-state index in [2.05, 4.69) is 4.57 Å². The minimum Gasteiger partial charge on any atom is -0.454 e. The molecular formula is C27H23F2N3O3. The number of ether oxygens (including phenoxy) is 2. The Kier molecular flexibility index (Phi) is 5.36. The molecule has 0 aliphatic carbocycles. The molecule has 1 aromatic heterocycles. The molecule has 0 spiro atoms. The lowest BCUT2D eigenvalue weighted by molar-refractivity contribution is -0.131. The molecular weight excluding hydrogens is 452 g/mol. The van der Waals surface area contributed by atoms with E-state index in [1.54, 1.807) is 29.2 Å². The van der Waals surface area contributed by atoms with Crippen LogP contribution >= 0.6 is 0 Å². The number of hydrogen-bond donors (Lipinski definition) is 0. The highest BCUT2D eigenvalue weighted by Crippen LogP contribution is 2.39. The molecule has 2 aliphatic heterocycles. The zero-order chi connectivity index (χ0) is 23.9. The number of aromatic nitrogens is 2. The van der Waals surface area contributed by atoms with Crippen molar-refractivity contribution < 1.29 is 23.0 Å². The third kappa shape index (κ3) is 3.99. The molecule has 0 unspecified atom stereocenters. The zero-order valence-electron chi connectivity index (χ0n) is 18.9. The van der Waals surface area contributed by atoms with Crippen molar-refractivity contribution in [3.05, 3.63) is 77.9 Å². The summed E-state index contributed by atoms with van der Waals surface area (Å²) in [5, 5.41) is 0. The first-order valence-corrected chi connectivity index (χ1v) is 11.7. The van der Waals surface area contributed by atoms with Gasteiger partial charge in [0, 0.05) is 30.8 Å². The molecule has 35 heavy (non-hydrogen) atoms. The van der Waals surface area contributed by atoms with Crippen molar-refractivity contribution in [1.82, 2.24) is 14.5 Å². The highest BCUT2D eigenvalue weighted by atomic mass is 19.1. The third-order valence-corrected chi connectivity index (χ3v) is 6.76. The van der Waals surface area contributed by atoms with E-state index in [1.807, 2.05) is 18.2 Å². The standard InChI is InChI=1S/C27H23F2N3O3/c28-19-6-7-23-22(15-19)30-27(18-5-8-24-25(13-18)35-16-34-24)32(23)20-9-11-31(12-10-20)26(33)14-17-3-1-2-4-21(17)29/h1-8,13,15,20H,9-12,14,16H2. The molecule has 6 nitrogen and oxygen atoms in total. The number of carbonyl (C=O) groups is 1. The van der Waals surface area contributed by atoms with Gasteiger partial charge in [-0.15, -0.1) is 0 Å². The summed E-state index contributed by atoms with van der Waals surface area (Å²) in [5.41, 5.74) is 2.68. The molecule has 0 radical (unpaired) electrons. The number of halogens is 2. The summed E-state index contributed by atoms with van der Waals surface area (Å²) in [6.07, 6.45) is 1.47. The van der Waals surface area contributed by atoms with Crippen molar-refractivity contribution in [2.24, 2.45) is 0 Å². The van der Waals surface area contributed by atoms with E-state index in [0.717, 1.165) is 16.9 Å². The Morgan fingerprint density at radius 2 is 1.77 bits per heavy atom. The van der Waals surface area contributed by atoms with Crippen LogP contribution < -0.4 is 9.47 Å². The number of nitrogens with zero attached hydrogens (tertiary/aromatic N) is 3. The maximum Gasteiger partial charge on any atom is 0.231 e. The Balaban J connectivity index is 1.28. The second-order valence-corrected chi connectivity index (χ2v) is 8.89. The van der Waals surface area contributed by atoms with E-state index < -0.39 is 0 Å². The first-order chi connectivity index (χ1) is 17.1. The van der Waals surface area contributed by atoms with Gasteiger partial charge in [0.25, 0.3) is 0 Å². The van der Waals surface area contributed by atoms with Gasteiger partial charge in [-0.1, -0.05) is 18.2 Å². The molecule has 0 N–H and O–H groups in total. The Bertz CT molecular complexity index is 1430. The lowest BCUT2D eigenvalue weighted by atomic mass is 10.0. The van der Waals surface area contributed by atoms with Crippen LogP contribution in [0.3, 0.4) is 0 Å². The van der Waals surface area contributed by atoms with Gasteiger partial charge in [-0.05, 0) is 54.8 Å². The third-order valence-electron chi connectivity index (χ3n) is 6.76. The molecule has 0 atom stereocenters. The molecule has 1 saturated heterocycles. The Morgan fingerprint density at radius 3 is 2.60 bits per heavy atom. The molecule has 0 saturated carbocycles. The number of piperidine rings is 1. The number of benzene rings is 3. The normalized spacial score (nSPS) is 15.7. The molecule has 1 fully saturated rings. The van der Waals surface area contributed by atoms with Gasteiger partial charge in [-0.25, -0.2) is 13.8 Å². The minimum absolute atomic E-state index is 0.0487. The van der Waals surface area contributed by atoms with Crippen LogP contribution in [0.1, 0.15) is 24.4 Å². The molecule has 8 heteroatoms. The van der Waals surface area contributed by atoms with Crippen molar-refractivity contribution in [2.45, 2.75) is 25.3 Å². The van der Waals surface area contributed by atoms with Gasteiger partial charge in [0.1, 0.15) is 17.5 Å². The van der Waals surface area contributed by atoms with E-state index in [4.69, 9.17) is 14.5 Å². The second-order valence-electron chi connectivity index (χ2n) is 8.89.